The Morgan fingerprint density at radius 2 is 2.17 bits per heavy atom. The Morgan fingerprint density at radius 1 is 1.44 bits per heavy atom. The number of rotatable bonds is 7. The third-order valence-corrected chi connectivity index (χ3v) is 2.60. The van der Waals surface area contributed by atoms with Gasteiger partial charge in [0.2, 0.25) is 0 Å². The molecule has 0 bridgehead atoms. The summed E-state index contributed by atoms with van der Waals surface area (Å²) in [5.74, 6) is -0.580. The van der Waals surface area contributed by atoms with E-state index < -0.39 is 10.7 Å². The van der Waals surface area contributed by atoms with Gasteiger partial charge in [0.05, 0.1) is 17.6 Å². The van der Waals surface area contributed by atoms with Gasteiger partial charge in [-0.1, -0.05) is 6.92 Å². The molecule has 0 atom stereocenters. The van der Waals surface area contributed by atoms with Crippen LogP contribution in [0.25, 0.3) is 0 Å². The first kappa shape index (κ1) is 14.5. The summed E-state index contributed by atoms with van der Waals surface area (Å²) in [7, 11) is 0. The standard InChI is InChI=1S/C12H17FN2O3/c1-2-5-14(6-7-16)9-10-3-4-11(15(17)18)8-12(10)13/h3-4,8,16H,2,5-7,9H2,1H3. The summed E-state index contributed by atoms with van der Waals surface area (Å²) < 4.78 is 13.7. The van der Waals surface area contributed by atoms with E-state index in [2.05, 4.69) is 0 Å². The van der Waals surface area contributed by atoms with Crippen molar-refractivity contribution >= 4 is 5.69 Å². The highest BCUT2D eigenvalue weighted by Gasteiger charge is 2.13. The van der Waals surface area contributed by atoms with Crippen LogP contribution in [0.1, 0.15) is 18.9 Å². The van der Waals surface area contributed by atoms with Crippen LogP contribution in [0.5, 0.6) is 0 Å². The van der Waals surface area contributed by atoms with Crippen molar-refractivity contribution in [2.75, 3.05) is 19.7 Å². The van der Waals surface area contributed by atoms with Gasteiger partial charge in [-0.3, -0.25) is 15.0 Å². The summed E-state index contributed by atoms with van der Waals surface area (Å²) in [6.45, 7) is 3.56. The van der Waals surface area contributed by atoms with Gasteiger partial charge in [-0.2, -0.15) is 0 Å². The molecule has 0 radical (unpaired) electrons. The van der Waals surface area contributed by atoms with Crippen LogP contribution in [-0.4, -0.2) is 34.6 Å². The third kappa shape index (κ3) is 4.05. The molecule has 1 aromatic rings. The second-order valence-electron chi connectivity index (χ2n) is 4.03. The van der Waals surface area contributed by atoms with Gasteiger partial charge < -0.3 is 5.11 Å². The zero-order chi connectivity index (χ0) is 13.5. The largest absolute Gasteiger partial charge is 0.395 e. The van der Waals surface area contributed by atoms with Crippen molar-refractivity contribution in [3.05, 3.63) is 39.7 Å². The quantitative estimate of drug-likeness (QED) is 0.598. The summed E-state index contributed by atoms with van der Waals surface area (Å²) in [4.78, 5) is 11.8. The van der Waals surface area contributed by atoms with E-state index in [1.54, 1.807) is 0 Å². The number of hydrogen-bond acceptors (Lipinski definition) is 4. The zero-order valence-corrected chi connectivity index (χ0v) is 10.3. The summed E-state index contributed by atoms with van der Waals surface area (Å²) in [5.41, 5.74) is 0.156. The molecule has 1 aromatic carbocycles. The van der Waals surface area contributed by atoms with Gasteiger partial charge in [0.25, 0.3) is 5.69 Å². The number of nitro groups is 1. The number of non-ortho nitro benzene ring substituents is 1. The fraction of sp³-hybridized carbons (Fsp3) is 0.500. The molecule has 0 saturated heterocycles. The molecule has 6 heteroatoms. The molecule has 18 heavy (non-hydrogen) atoms. The minimum Gasteiger partial charge on any atom is -0.395 e. The van der Waals surface area contributed by atoms with Gasteiger partial charge in [-0.25, -0.2) is 4.39 Å². The van der Waals surface area contributed by atoms with E-state index in [0.717, 1.165) is 19.0 Å². The Balaban J connectivity index is 2.79. The van der Waals surface area contributed by atoms with E-state index in [9.17, 15) is 14.5 Å². The molecule has 0 spiro atoms. The van der Waals surface area contributed by atoms with E-state index >= 15 is 0 Å². The maximum absolute atomic E-state index is 13.7. The molecule has 5 nitrogen and oxygen atoms in total. The number of aliphatic hydroxyl groups excluding tert-OH is 1. The molecule has 0 aliphatic carbocycles. The van der Waals surface area contributed by atoms with Crippen molar-refractivity contribution in [2.24, 2.45) is 0 Å². The first-order valence-corrected chi connectivity index (χ1v) is 5.84. The van der Waals surface area contributed by atoms with Crippen molar-refractivity contribution in [3.63, 3.8) is 0 Å². The van der Waals surface area contributed by atoms with Crippen LogP contribution in [0.3, 0.4) is 0 Å². The molecule has 0 aromatic heterocycles. The van der Waals surface area contributed by atoms with Gasteiger partial charge in [0.1, 0.15) is 5.82 Å². The lowest BCUT2D eigenvalue weighted by molar-refractivity contribution is -0.385. The van der Waals surface area contributed by atoms with Crippen molar-refractivity contribution in [1.82, 2.24) is 4.90 Å². The summed E-state index contributed by atoms with van der Waals surface area (Å²) in [5, 5.41) is 19.4. The highest BCUT2D eigenvalue weighted by molar-refractivity contribution is 5.34. The molecule has 0 aliphatic rings. The van der Waals surface area contributed by atoms with Gasteiger partial charge in [0.15, 0.2) is 0 Å². The van der Waals surface area contributed by atoms with E-state index in [1.807, 2.05) is 11.8 Å². The van der Waals surface area contributed by atoms with E-state index in [4.69, 9.17) is 5.11 Å². The second-order valence-corrected chi connectivity index (χ2v) is 4.03. The Bertz CT molecular complexity index is 406. The molecule has 100 valence electrons. The highest BCUT2D eigenvalue weighted by Crippen LogP contribution is 2.18. The molecule has 1 rings (SSSR count). The van der Waals surface area contributed by atoms with E-state index in [1.165, 1.54) is 12.1 Å². The summed E-state index contributed by atoms with van der Waals surface area (Å²) in [6.07, 6.45) is 0.897. The molecule has 0 amide bonds. The number of hydrogen-bond donors (Lipinski definition) is 1. The minimum absolute atomic E-state index is 0.00853. The lowest BCUT2D eigenvalue weighted by Crippen LogP contribution is -2.27. The Kier molecular flexibility index (Phi) is 5.67. The molecular formula is C12H17FN2O3. The SMILES string of the molecule is CCCN(CCO)Cc1ccc([N+](=O)[O-])cc1F. The van der Waals surface area contributed by atoms with Crippen LogP contribution in [0.2, 0.25) is 0 Å². The smallest absolute Gasteiger partial charge is 0.272 e. The molecule has 0 saturated carbocycles. The number of nitrogens with zero attached hydrogens (tertiary/aromatic N) is 2. The summed E-state index contributed by atoms with van der Waals surface area (Å²) in [6, 6.07) is 3.65. The predicted molar refractivity (Wildman–Crippen MR) is 65.7 cm³/mol. The normalized spacial score (nSPS) is 10.9. The van der Waals surface area contributed by atoms with Crippen LogP contribution >= 0.6 is 0 Å². The molecule has 0 aliphatic heterocycles. The maximum Gasteiger partial charge on any atom is 0.272 e. The number of halogens is 1. The van der Waals surface area contributed by atoms with Crippen molar-refractivity contribution in [1.29, 1.82) is 0 Å². The van der Waals surface area contributed by atoms with Crippen LogP contribution in [-0.2, 0) is 6.54 Å². The lowest BCUT2D eigenvalue weighted by atomic mass is 10.1. The Hall–Kier alpha value is -1.53. The summed E-state index contributed by atoms with van der Waals surface area (Å²) >= 11 is 0. The maximum atomic E-state index is 13.7. The van der Waals surface area contributed by atoms with Crippen molar-refractivity contribution in [3.8, 4) is 0 Å². The minimum atomic E-state index is -0.621. The van der Waals surface area contributed by atoms with Gasteiger partial charge in [-0.15, -0.1) is 0 Å². The number of nitro benzene ring substituents is 1. The van der Waals surface area contributed by atoms with E-state index in [0.29, 0.717) is 18.7 Å². The topological polar surface area (TPSA) is 66.6 Å². The first-order chi connectivity index (χ1) is 8.58. The van der Waals surface area contributed by atoms with Crippen LogP contribution in [0.15, 0.2) is 18.2 Å². The monoisotopic (exact) mass is 256 g/mol. The van der Waals surface area contributed by atoms with Crippen molar-refractivity contribution in [2.45, 2.75) is 19.9 Å². The highest BCUT2D eigenvalue weighted by atomic mass is 19.1. The van der Waals surface area contributed by atoms with Crippen molar-refractivity contribution < 1.29 is 14.4 Å². The van der Waals surface area contributed by atoms with Gasteiger partial charge in [0, 0.05) is 24.7 Å². The zero-order valence-electron chi connectivity index (χ0n) is 10.3. The van der Waals surface area contributed by atoms with Gasteiger partial charge >= 0.3 is 0 Å². The average molecular weight is 256 g/mol. The average Bonchev–Trinajstić information content (AvgIpc) is 2.32. The molecular weight excluding hydrogens is 239 g/mol. The number of aliphatic hydroxyl groups is 1. The number of benzene rings is 1. The molecule has 1 N–H and O–H groups in total. The van der Waals surface area contributed by atoms with Gasteiger partial charge in [-0.05, 0) is 19.0 Å². The molecule has 0 unspecified atom stereocenters. The first-order valence-electron chi connectivity index (χ1n) is 5.84. The third-order valence-electron chi connectivity index (χ3n) is 2.60. The fourth-order valence-corrected chi connectivity index (χ4v) is 1.75. The lowest BCUT2D eigenvalue weighted by Gasteiger charge is -2.20. The van der Waals surface area contributed by atoms with Crippen LogP contribution in [0.4, 0.5) is 10.1 Å². The second kappa shape index (κ2) is 7.03. The molecule has 0 heterocycles. The Labute approximate surface area is 105 Å². The Morgan fingerprint density at radius 3 is 2.67 bits per heavy atom. The molecule has 0 fully saturated rings. The van der Waals surface area contributed by atoms with Crippen LogP contribution < -0.4 is 0 Å². The van der Waals surface area contributed by atoms with E-state index in [-0.39, 0.29) is 12.3 Å². The predicted octanol–water partition coefficient (Wildman–Crippen LogP) is 1.94. The fourth-order valence-electron chi connectivity index (χ4n) is 1.75. The van der Waals surface area contributed by atoms with Crippen LogP contribution in [0, 0.1) is 15.9 Å².